The standard InChI is InChI=1S/C21H18FN3O2S/c1-2-27-18-6-4-3-5-16(18)25-11-17(26)19(20(25)23)21-24-15(12-28-21)13-7-9-14(22)10-8-13/h3-10,12,23,26H,2,11H2,1H3. The van der Waals surface area contributed by atoms with Crippen LogP contribution in [0.25, 0.3) is 16.8 Å². The maximum atomic E-state index is 13.1. The molecule has 0 saturated carbocycles. The van der Waals surface area contributed by atoms with E-state index in [0.717, 1.165) is 11.3 Å². The van der Waals surface area contributed by atoms with Crippen molar-refractivity contribution in [1.82, 2.24) is 4.98 Å². The molecule has 2 heterocycles. The van der Waals surface area contributed by atoms with Gasteiger partial charge in [0.2, 0.25) is 0 Å². The van der Waals surface area contributed by atoms with Crippen molar-refractivity contribution < 1.29 is 14.2 Å². The predicted octanol–water partition coefficient (Wildman–Crippen LogP) is 5.11. The summed E-state index contributed by atoms with van der Waals surface area (Å²) in [7, 11) is 0. The average Bonchev–Trinajstić information content (AvgIpc) is 3.27. The van der Waals surface area contributed by atoms with E-state index in [9.17, 15) is 9.50 Å². The van der Waals surface area contributed by atoms with Gasteiger partial charge < -0.3 is 14.7 Å². The van der Waals surface area contributed by atoms with Crippen LogP contribution in [0.15, 0.2) is 59.7 Å². The van der Waals surface area contributed by atoms with E-state index in [1.54, 1.807) is 17.0 Å². The molecule has 3 aromatic rings. The maximum Gasteiger partial charge on any atom is 0.142 e. The Morgan fingerprint density at radius 3 is 2.71 bits per heavy atom. The molecule has 28 heavy (non-hydrogen) atoms. The number of halogens is 1. The van der Waals surface area contributed by atoms with E-state index in [2.05, 4.69) is 4.98 Å². The van der Waals surface area contributed by atoms with Crippen LogP contribution in [0, 0.1) is 11.2 Å². The van der Waals surface area contributed by atoms with E-state index < -0.39 is 0 Å². The first-order valence-electron chi connectivity index (χ1n) is 8.80. The number of hydrogen-bond acceptors (Lipinski definition) is 5. The lowest BCUT2D eigenvalue weighted by molar-refractivity contribution is 0.341. The average molecular weight is 395 g/mol. The molecule has 1 aromatic heterocycles. The molecule has 142 valence electrons. The molecule has 7 heteroatoms. The van der Waals surface area contributed by atoms with Gasteiger partial charge in [-0.2, -0.15) is 0 Å². The van der Waals surface area contributed by atoms with Gasteiger partial charge in [0.25, 0.3) is 0 Å². The fraction of sp³-hybridized carbons (Fsp3) is 0.143. The van der Waals surface area contributed by atoms with Gasteiger partial charge >= 0.3 is 0 Å². The number of anilines is 1. The Morgan fingerprint density at radius 1 is 1.21 bits per heavy atom. The smallest absolute Gasteiger partial charge is 0.142 e. The molecule has 1 aliphatic rings. The van der Waals surface area contributed by atoms with E-state index in [1.807, 2.05) is 36.6 Å². The minimum atomic E-state index is -0.305. The van der Waals surface area contributed by atoms with Gasteiger partial charge in [0.1, 0.15) is 28.2 Å². The Kier molecular flexibility index (Phi) is 4.83. The molecule has 0 spiro atoms. The van der Waals surface area contributed by atoms with Crippen LogP contribution in [0.3, 0.4) is 0 Å². The Morgan fingerprint density at radius 2 is 1.96 bits per heavy atom. The first-order valence-corrected chi connectivity index (χ1v) is 9.68. The quantitative estimate of drug-likeness (QED) is 0.629. The van der Waals surface area contributed by atoms with Crippen molar-refractivity contribution in [3.8, 4) is 17.0 Å². The highest BCUT2D eigenvalue weighted by Gasteiger charge is 2.32. The van der Waals surface area contributed by atoms with Gasteiger partial charge in [-0.05, 0) is 43.3 Å². The number of aliphatic hydroxyl groups excluding tert-OH is 1. The summed E-state index contributed by atoms with van der Waals surface area (Å²) in [4.78, 5) is 6.26. The molecule has 2 N–H and O–H groups in total. The van der Waals surface area contributed by atoms with Gasteiger partial charge in [-0.25, -0.2) is 9.37 Å². The third kappa shape index (κ3) is 3.25. The van der Waals surface area contributed by atoms with E-state index in [1.165, 1.54) is 23.5 Å². The number of amidine groups is 1. The highest BCUT2D eigenvalue weighted by atomic mass is 32.1. The summed E-state index contributed by atoms with van der Waals surface area (Å²) < 4.78 is 18.8. The van der Waals surface area contributed by atoms with Crippen LogP contribution in [-0.4, -0.2) is 29.1 Å². The summed E-state index contributed by atoms with van der Waals surface area (Å²) in [6, 6.07) is 13.5. The molecule has 0 bridgehead atoms. The first kappa shape index (κ1) is 18.2. The second-order valence-corrected chi connectivity index (χ2v) is 7.06. The second-order valence-electron chi connectivity index (χ2n) is 6.20. The largest absolute Gasteiger partial charge is 0.510 e. The Balaban J connectivity index is 1.64. The summed E-state index contributed by atoms with van der Waals surface area (Å²) in [6.07, 6.45) is 0. The fourth-order valence-electron chi connectivity index (χ4n) is 3.11. The predicted molar refractivity (Wildman–Crippen MR) is 110 cm³/mol. The normalized spacial score (nSPS) is 14.1. The zero-order valence-electron chi connectivity index (χ0n) is 15.1. The van der Waals surface area contributed by atoms with Gasteiger partial charge in [0, 0.05) is 10.9 Å². The monoisotopic (exact) mass is 395 g/mol. The molecular formula is C21H18FN3O2S. The van der Waals surface area contributed by atoms with Crippen molar-refractivity contribution in [2.75, 3.05) is 18.1 Å². The summed E-state index contributed by atoms with van der Waals surface area (Å²) in [6.45, 7) is 2.60. The van der Waals surface area contributed by atoms with Gasteiger partial charge in [-0.3, -0.25) is 5.41 Å². The molecule has 0 aliphatic carbocycles. The lowest BCUT2D eigenvalue weighted by atomic mass is 10.2. The molecule has 5 nitrogen and oxygen atoms in total. The first-order chi connectivity index (χ1) is 13.6. The van der Waals surface area contributed by atoms with Crippen molar-refractivity contribution in [3.05, 3.63) is 70.5 Å². The van der Waals surface area contributed by atoms with E-state index >= 15 is 0 Å². The van der Waals surface area contributed by atoms with Crippen LogP contribution in [0.5, 0.6) is 5.75 Å². The van der Waals surface area contributed by atoms with Crippen LogP contribution in [0.2, 0.25) is 0 Å². The van der Waals surface area contributed by atoms with E-state index in [0.29, 0.717) is 28.6 Å². The highest BCUT2D eigenvalue weighted by molar-refractivity contribution is 7.11. The molecule has 0 fully saturated rings. The van der Waals surface area contributed by atoms with Gasteiger partial charge in [-0.1, -0.05) is 12.1 Å². The molecule has 0 amide bonds. The Hall–Kier alpha value is -3.19. The van der Waals surface area contributed by atoms with E-state index in [4.69, 9.17) is 10.1 Å². The van der Waals surface area contributed by atoms with Crippen LogP contribution >= 0.6 is 11.3 Å². The van der Waals surface area contributed by atoms with Crippen molar-refractivity contribution in [2.24, 2.45) is 0 Å². The zero-order valence-corrected chi connectivity index (χ0v) is 16.0. The van der Waals surface area contributed by atoms with E-state index in [-0.39, 0.29) is 24.0 Å². The van der Waals surface area contributed by atoms with Crippen LogP contribution in [0.1, 0.15) is 11.9 Å². The summed E-state index contributed by atoms with van der Waals surface area (Å²) in [5.41, 5.74) is 2.60. The van der Waals surface area contributed by atoms with Crippen molar-refractivity contribution in [1.29, 1.82) is 5.41 Å². The third-order valence-electron chi connectivity index (χ3n) is 4.42. The Bertz CT molecular complexity index is 1060. The SMILES string of the molecule is CCOc1ccccc1N1CC(O)=C(c2nc(-c3ccc(F)cc3)cs2)C1=N. The maximum absolute atomic E-state index is 13.1. The molecule has 2 aromatic carbocycles. The minimum absolute atomic E-state index is 0.0938. The zero-order chi connectivity index (χ0) is 19.7. The number of benzene rings is 2. The number of rotatable bonds is 5. The number of hydrogen-bond donors (Lipinski definition) is 2. The molecular weight excluding hydrogens is 377 g/mol. The molecule has 0 saturated heterocycles. The van der Waals surface area contributed by atoms with Crippen molar-refractivity contribution in [2.45, 2.75) is 6.92 Å². The van der Waals surface area contributed by atoms with Crippen LogP contribution < -0.4 is 9.64 Å². The third-order valence-corrected chi connectivity index (χ3v) is 5.28. The lowest BCUT2D eigenvalue weighted by Crippen LogP contribution is -2.26. The summed E-state index contributed by atoms with van der Waals surface area (Å²) >= 11 is 1.34. The molecule has 0 atom stereocenters. The second kappa shape index (κ2) is 7.44. The molecule has 4 rings (SSSR count). The molecule has 0 radical (unpaired) electrons. The van der Waals surface area contributed by atoms with Gasteiger partial charge in [0.05, 0.1) is 30.1 Å². The molecule has 1 aliphatic heterocycles. The Labute approximate surface area is 165 Å². The van der Waals surface area contributed by atoms with Gasteiger partial charge in [-0.15, -0.1) is 11.3 Å². The number of ether oxygens (including phenoxy) is 1. The number of aromatic nitrogens is 1. The number of aliphatic hydroxyl groups is 1. The number of para-hydroxylation sites is 2. The van der Waals surface area contributed by atoms with Crippen molar-refractivity contribution >= 4 is 28.4 Å². The van der Waals surface area contributed by atoms with Crippen LogP contribution in [0.4, 0.5) is 10.1 Å². The van der Waals surface area contributed by atoms with Crippen LogP contribution in [-0.2, 0) is 0 Å². The minimum Gasteiger partial charge on any atom is -0.510 e. The van der Waals surface area contributed by atoms with Gasteiger partial charge in [0.15, 0.2) is 0 Å². The fourth-order valence-corrected chi connectivity index (χ4v) is 4.00. The summed E-state index contributed by atoms with van der Waals surface area (Å²) in [5, 5.41) is 21.6. The number of thiazole rings is 1. The number of nitrogens with one attached hydrogen (secondary N) is 1. The lowest BCUT2D eigenvalue weighted by Gasteiger charge is -2.21. The van der Waals surface area contributed by atoms with Crippen molar-refractivity contribution in [3.63, 3.8) is 0 Å². The summed E-state index contributed by atoms with van der Waals surface area (Å²) in [5.74, 6) is 0.622. The molecule has 0 unspecified atom stereocenters. The topological polar surface area (TPSA) is 69.4 Å². The highest BCUT2D eigenvalue weighted by Crippen LogP contribution is 2.37. The number of nitrogens with zero attached hydrogens (tertiary/aromatic N) is 2.